The van der Waals surface area contributed by atoms with Crippen LogP contribution in [0.5, 0.6) is 0 Å². The lowest BCUT2D eigenvalue weighted by molar-refractivity contribution is 0.663. The molecular formula is C15H21N3S. The summed E-state index contributed by atoms with van der Waals surface area (Å²) in [6, 6.07) is 8.38. The number of thiophene rings is 1. The minimum absolute atomic E-state index is 0.841. The van der Waals surface area contributed by atoms with Crippen molar-refractivity contribution in [1.82, 2.24) is 10.3 Å². The second-order valence-electron chi connectivity index (χ2n) is 4.65. The number of aromatic nitrogens is 1. The van der Waals surface area contributed by atoms with Gasteiger partial charge in [-0.15, -0.1) is 0 Å². The largest absolute Gasteiger partial charge is 0.355 e. The highest BCUT2D eigenvalue weighted by Crippen LogP contribution is 2.15. The molecule has 0 fully saturated rings. The van der Waals surface area contributed by atoms with E-state index in [2.05, 4.69) is 59.2 Å². The Morgan fingerprint density at radius 2 is 2.21 bits per heavy atom. The first-order chi connectivity index (χ1) is 9.29. The third kappa shape index (κ3) is 4.33. The summed E-state index contributed by atoms with van der Waals surface area (Å²) in [7, 11) is 2.09. The van der Waals surface area contributed by atoms with Crippen molar-refractivity contribution in [2.24, 2.45) is 0 Å². The monoisotopic (exact) mass is 275 g/mol. The molecule has 0 aliphatic carbocycles. The third-order valence-corrected chi connectivity index (χ3v) is 3.65. The summed E-state index contributed by atoms with van der Waals surface area (Å²) in [5.41, 5.74) is 2.44. The minimum Gasteiger partial charge on any atom is -0.355 e. The number of hydrogen-bond donors (Lipinski definition) is 1. The standard InChI is InChI=1S/C15H21N3S/c1-3-8-16-10-14-5-4-6-15(17-14)18(2)11-13-7-9-19-12-13/h4-7,9,12,16H,3,8,10-11H2,1-2H3. The van der Waals surface area contributed by atoms with Crippen LogP contribution in [0.1, 0.15) is 24.6 Å². The van der Waals surface area contributed by atoms with Crippen LogP contribution in [0.3, 0.4) is 0 Å². The zero-order chi connectivity index (χ0) is 13.5. The Bertz CT molecular complexity index is 482. The summed E-state index contributed by atoms with van der Waals surface area (Å²) >= 11 is 1.74. The average Bonchev–Trinajstić information content (AvgIpc) is 2.92. The molecule has 0 bridgehead atoms. The van der Waals surface area contributed by atoms with Crippen LogP contribution in [0.15, 0.2) is 35.0 Å². The number of pyridine rings is 1. The fourth-order valence-corrected chi connectivity index (χ4v) is 2.57. The van der Waals surface area contributed by atoms with Gasteiger partial charge < -0.3 is 10.2 Å². The van der Waals surface area contributed by atoms with E-state index in [4.69, 9.17) is 4.98 Å². The predicted molar refractivity (Wildman–Crippen MR) is 82.7 cm³/mol. The molecule has 1 N–H and O–H groups in total. The van der Waals surface area contributed by atoms with Gasteiger partial charge in [0.05, 0.1) is 5.69 Å². The lowest BCUT2D eigenvalue weighted by atomic mass is 10.3. The smallest absolute Gasteiger partial charge is 0.128 e. The molecule has 2 aromatic rings. The molecule has 19 heavy (non-hydrogen) atoms. The second kappa shape index (κ2) is 7.26. The molecule has 102 valence electrons. The lowest BCUT2D eigenvalue weighted by Gasteiger charge is -2.18. The van der Waals surface area contributed by atoms with E-state index < -0.39 is 0 Å². The van der Waals surface area contributed by atoms with Gasteiger partial charge in [-0.05, 0) is 47.5 Å². The van der Waals surface area contributed by atoms with Crippen LogP contribution < -0.4 is 10.2 Å². The van der Waals surface area contributed by atoms with Gasteiger partial charge in [0.25, 0.3) is 0 Å². The maximum Gasteiger partial charge on any atom is 0.128 e. The van der Waals surface area contributed by atoms with Gasteiger partial charge in [-0.25, -0.2) is 4.98 Å². The Kier molecular flexibility index (Phi) is 5.36. The first-order valence-corrected chi connectivity index (χ1v) is 7.62. The van der Waals surface area contributed by atoms with Crippen LogP contribution in [-0.2, 0) is 13.1 Å². The molecular weight excluding hydrogens is 254 g/mol. The first kappa shape index (κ1) is 14.0. The Hall–Kier alpha value is -1.39. The molecule has 0 saturated heterocycles. The molecule has 4 heteroatoms. The molecule has 0 radical (unpaired) electrons. The zero-order valence-corrected chi connectivity index (χ0v) is 12.4. The van der Waals surface area contributed by atoms with E-state index in [0.717, 1.165) is 37.6 Å². The van der Waals surface area contributed by atoms with E-state index in [1.807, 2.05) is 0 Å². The van der Waals surface area contributed by atoms with Crippen LogP contribution in [0.4, 0.5) is 5.82 Å². The summed E-state index contributed by atoms with van der Waals surface area (Å²) in [6.07, 6.45) is 1.15. The van der Waals surface area contributed by atoms with E-state index in [1.54, 1.807) is 11.3 Å². The second-order valence-corrected chi connectivity index (χ2v) is 5.43. The minimum atomic E-state index is 0.841. The summed E-state index contributed by atoms with van der Waals surface area (Å²) in [5.74, 6) is 1.03. The lowest BCUT2D eigenvalue weighted by Crippen LogP contribution is -2.19. The number of anilines is 1. The van der Waals surface area contributed by atoms with Crippen molar-refractivity contribution in [3.05, 3.63) is 46.3 Å². The van der Waals surface area contributed by atoms with Crippen LogP contribution >= 0.6 is 11.3 Å². The van der Waals surface area contributed by atoms with E-state index in [9.17, 15) is 0 Å². The van der Waals surface area contributed by atoms with Crippen LogP contribution in [0, 0.1) is 0 Å². The average molecular weight is 275 g/mol. The topological polar surface area (TPSA) is 28.2 Å². The van der Waals surface area contributed by atoms with E-state index in [-0.39, 0.29) is 0 Å². The van der Waals surface area contributed by atoms with Crippen LogP contribution in [0.2, 0.25) is 0 Å². The van der Waals surface area contributed by atoms with Gasteiger partial charge in [0.2, 0.25) is 0 Å². The fourth-order valence-electron chi connectivity index (χ4n) is 1.91. The molecule has 0 spiro atoms. The van der Waals surface area contributed by atoms with Crippen molar-refractivity contribution < 1.29 is 0 Å². The summed E-state index contributed by atoms with van der Waals surface area (Å²) in [5, 5.41) is 7.68. The van der Waals surface area contributed by atoms with Crippen LogP contribution in [-0.4, -0.2) is 18.6 Å². The molecule has 0 atom stereocenters. The Morgan fingerprint density at radius 1 is 1.32 bits per heavy atom. The van der Waals surface area contributed by atoms with Crippen molar-refractivity contribution >= 4 is 17.2 Å². The van der Waals surface area contributed by atoms with Crippen molar-refractivity contribution in [3.8, 4) is 0 Å². The Labute approximate surface area is 119 Å². The highest BCUT2D eigenvalue weighted by molar-refractivity contribution is 7.07. The highest BCUT2D eigenvalue weighted by atomic mass is 32.1. The van der Waals surface area contributed by atoms with Crippen molar-refractivity contribution in [3.63, 3.8) is 0 Å². The predicted octanol–water partition coefficient (Wildman–Crippen LogP) is 3.28. The summed E-state index contributed by atoms with van der Waals surface area (Å²) < 4.78 is 0. The fraction of sp³-hybridized carbons (Fsp3) is 0.400. The molecule has 0 aromatic carbocycles. The van der Waals surface area contributed by atoms with Gasteiger partial charge in [0.1, 0.15) is 5.82 Å². The van der Waals surface area contributed by atoms with Crippen LogP contribution in [0.25, 0.3) is 0 Å². The van der Waals surface area contributed by atoms with E-state index in [1.165, 1.54) is 5.56 Å². The van der Waals surface area contributed by atoms with Gasteiger partial charge in [-0.1, -0.05) is 13.0 Å². The quantitative estimate of drug-likeness (QED) is 0.786. The zero-order valence-electron chi connectivity index (χ0n) is 11.6. The van der Waals surface area contributed by atoms with Crippen molar-refractivity contribution in [2.45, 2.75) is 26.4 Å². The number of nitrogens with zero attached hydrogens (tertiary/aromatic N) is 2. The molecule has 0 saturated carbocycles. The maximum absolute atomic E-state index is 4.69. The van der Waals surface area contributed by atoms with Crippen molar-refractivity contribution in [2.75, 3.05) is 18.5 Å². The molecule has 0 aliphatic heterocycles. The molecule has 0 aliphatic rings. The maximum atomic E-state index is 4.69. The number of hydrogen-bond acceptors (Lipinski definition) is 4. The van der Waals surface area contributed by atoms with E-state index >= 15 is 0 Å². The highest BCUT2D eigenvalue weighted by Gasteiger charge is 2.04. The molecule has 2 heterocycles. The summed E-state index contributed by atoms with van der Waals surface area (Å²) in [4.78, 5) is 6.88. The summed E-state index contributed by atoms with van der Waals surface area (Å²) in [6.45, 7) is 4.96. The Balaban J connectivity index is 1.97. The van der Waals surface area contributed by atoms with Gasteiger partial charge in [-0.3, -0.25) is 0 Å². The third-order valence-electron chi connectivity index (χ3n) is 2.92. The SMILES string of the molecule is CCCNCc1cccc(N(C)Cc2ccsc2)n1. The van der Waals surface area contributed by atoms with Gasteiger partial charge in [0, 0.05) is 20.1 Å². The first-order valence-electron chi connectivity index (χ1n) is 6.68. The Morgan fingerprint density at radius 3 is 2.95 bits per heavy atom. The van der Waals surface area contributed by atoms with Crippen molar-refractivity contribution in [1.29, 1.82) is 0 Å². The molecule has 0 unspecified atom stereocenters. The number of nitrogens with one attached hydrogen (secondary N) is 1. The molecule has 0 amide bonds. The van der Waals surface area contributed by atoms with Gasteiger partial charge in [0.15, 0.2) is 0 Å². The van der Waals surface area contributed by atoms with E-state index in [0.29, 0.717) is 0 Å². The normalized spacial score (nSPS) is 10.6. The van der Waals surface area contributed by atoms with Gasteiger partial charge in [-0.2, -0.15) is 11.3 Å². The number of rotatable bonds is 7. The molecule has 2 rings (SSSR count). The molecule has 3 nitrogen and oxygen atoms in total. The van der Waals surface area contributed by atoms with Gasteiger partial charge >= 0.3 is 0 Å². The molecule has 2 aromatic heterocycles.